The third-order valence-electron chi connectivity index (χ3n) is 4.64. The Morgan fingerprint density at radius 2 is 1.85 bits per heavy atom. The van der Waals surface area contributed by atoms with Crippen LogP contribution in [0.5, 0.6) is 11.6 Å². The van der Waals surface area contributed by atoms with E-state index in [1.807, 2.05) is 0 Å². The fourth-order valence-electron chi connectivity index (χ4n) is 3.21. The largest absolute Gasteiger partial charge is 0.491 e. The van der Waals surface area contributed by atoms with Crippen molar-refractivity contribution in [3.8, 4) is 17.3 Å². The fraction of sp³-hybridized carbons (Fsp3) is 0.286. The molecule has 9 nitrogen and oxygen atoms in total. The highest BCUT2D eigenvalue weighted by Gasteiger charge is 2.22. The molecule has 0 spiro atoms. The molecule has 3 N–H and O–H groups in total. The molecule has 3 rings (SSSR count). The van der Waals surface area contributed by atoms with Crippen LogP contribution in [0.25, 0.3) is 16.6 Å². The molecule has 0 fully saturated rings. The number of pyridine rings is 2. The number of likely N-dealkylation sites (N-methyl/N-ethyl adjacent to an activating group) is 1. The van der Waals surface area contributed by atoms with Crippen molar-refractivity contribution in [2.75, 3.05) is 26.9 Å². The number of halogens is 3. The lowest BCUT2D eigenvalue weighted by molar-refractivity contribution is -0.130. The van der Waals surface area contributed by atoms with Crippen LogP contribution in [-0.2, 0) is 4.79 Å². The summed E-state index contributed by atoms with van der Waals surface area (Å²) in [4.78, 5) is 28.5. The molecule has 1 aromatic carbocycles. The van der Waals surface area contributed by atoms with Crippen LogP contribution in [-0.4, -0.2) is 58.6 Å². The number of carbonyl (C=O) groups excluding carboxylic acids is 1. The van der Waals surface area contributed by atoms with E-state index >= 15 is 0 Å². The smallest absolute Gasteiger partial charge is 0.252 e. The number of aliphatic hydroxyl groups is 2. The Kier molecular flexibility index (Phi) is 8.04. The van der Waals surface area contributed by atoms with E-state index in [-0.39, 0.29) is 45.1 Å². The first kappa shape index (κ1) is 25.1. The van der Waals surface area contributed by atoms with Gasteiger partial charge in [0.05, 0.1) is 39.1 Å². The van der Waals surface area contributed by atoms with Gasteiger partial charge in [-0.3, -0.25) is 9.59 Å². The Balaban J connectivity index is 2.20. The SMILES string of the molecule is CNC(=O)[C@H](O)COc1ncc(Cl)c2c1c(=O)cc(C)n2-c1c(Cl)cc(OCCO)cc1Cl. The van der Waals surface area contributed by atoms with Crippen LogP contribution in [0.4, 0.5) is 0 Å². The molecule has 33 heavy (non-hydrogen) atoms. The molecule has 1 amide bonds. The standard InChI is InChI=1S/C21H20Cl3N3O6/c1-10-5-15(29)17-19(14(24)8-26-21(17)33-9-16(30)20(31)25-2)27(10)18-12(22)6-11(7-13(18)23)32-4-3-28/h5-8,16,28,30H,3-4,9H2,1-2H3,(H,25,31)/t16-/m1/s1. The van der Waals surface area contributed by atoms with E-state index < -0.39 is 24.0 Å². The van der Waals surface area contributed by atoms with Crippen molar-refractivity contribution in [1.82, 2.24) is 14.9 Å². The van der Waals surface area contributed by atoms with Crippen molar-refractivity contribution in [2.45, 2.75) is 13.0 Å². The lowest BCUT2D eigenvalue weighted by atomic mass is 10.2. The molecule has 0 saturated heterocycles. The van der Waals surface area contributed by atoms with Gasteiger partial charge in [-0.25, -0.2) is 4.98 Å². The molecule has 1 atom stereocenters. The Hall–Kier alpha value is -2.56. The van der Waals surface area contributed by atoms with E-state index in [2.05, 4.69) is 10.3 Å². The maximum atomic E-state index is 12.9. The number of benzene rings is 1. The number of amides is 1. The van der Waals surface area contributed by atoms with Gasteiger partial charge in [-0.1, -0.05) is 34.8 Å². The minimum atomic E-state index is -1.47. The van der Waals surface area contributed by atoms with Gasteiger partial charge in [0.25, 0.3) is 5.91 Å². The summed E-state index contributed by atoms with van der Waals surface area (Å²) >= 11 is 19.5. The number of aryl methyl sites for hydroxylation is 1. The number of nitrogens with one attached hydrogen (secondary N) is 1. The number of ether oxygens (including phenoxy) is 2. The zero-order chi connectivity index (χ0) is 24.3. The maximum absolute atomic E-state index is 12.9. The van der Waals surface area contributed by atoms with E-state index in [1.165, 1.54) is 31.4 Å². The van der Waals surface area contributed by atoms with Crippen molar-refractivity contribution >= 4 is 51.6 Å². The van der Waals surface area contributed by atoms with Crippen molar-refractivity contribution < 1.29 is 24.5 Å². The van der Waals surface area contributed by atoms with Gasteiger partial charge in [0.2, 0.25) is 5.88 Å². The minimum absolute atomic E-state index is 0.0185. The topological polar surface area (TPSA) is 123 Å². The van der Waals surface area contributed by atoms with Gasteiger partial charge in [0.1, 0.15) is 24.3 Å². The van der Waals surface area contributed by atoms with E-state index in [1.54, 1.807) is 11.5 Å². The molecule has 176 valence electrons. The molecule has 0 aliphatic heterocycles. The van der Waals surface area contributed by atoms with Crippen molar-refractivity contribution in [3.63, 3.8) is 0 Å². The van der Waals surface area contributed by atoms with Gasteiger partial charge in [-0.2, -0.15) is 0 Å². The number of aliphatic hydroxyl groups excluding tert-OH is 2. The second-order valence-electron chi connectivity index (χ2n) is 6.87. The first-order chi connectivity index (χ1) is 15.7. The zero-order valence-electron chi connectivity index (χ0n) is 17.6. The molecule has 0 saturated carbocycles. The van der Waals surface area contributed by atoms with Crippen LogP contribution in [0.3, 0.4) is 0 Å². The summed E-state index contributed by atoms with van der Waals surface area (Å²) in [5.74, 6) is -0.416. The predicted molar refractivity (Wildman–Crippen MR) is 125 cm³/mol. The van der Waals surface area contributed by atoms with Gasteiger partial charge in [-0.05, 0) is 6.92 Å². The Morgan fingerprint density at radius 1 is 1.18 bits per heavy atom. The van der Waals surface area contributed by atoms with E-state index in [0.717, 1.165) is 0 Å². The van der Waals surface area contributed by atoms with Gasteiger partial charge in [0, 0.05) is 30.9 Å². The molecule has 0 aliphatic rings. The van der Waals surface area contributed by atoms with Crippen LogP contribution in [0, 0.1) is 6.92 Å². The van der Waals surface area contributed by atoms with Gasteiger partial charge >= 0.3 is 0 Å². The highest BCUT2D eigenvalue weighted by molar-refractivity contribution is 6.39. The molecule has 0 bridgehead atoms. The summed E-state index contributed by atoms with van der Waals surface area (Å²) in [6.45, 7) is 1.12. The predicted octanol–water partition coefficient (Wildman–Crippen LogP) is 2.51. The number of hydrogen-bond donors (Lipinski definition) is 3. The molecule has 12 heteroatoms. The number of carbonyl (C=O) groups is 1. The number of nitrogens with zero attached hydrogens (tertiary/aromatic N) is 2. The summed E-state index contributed by atoms with van der Waals surface area (Å²) in [6, 6.07) is 4.38. The molecule has 2 heterocycles. The van der Waals surface area contributed by atoms with Crippen molar-refractivity contribution in [1.29, 1.82) is 0 Å². The average Bonchev–Trinajstić information content (AvgIpc) is 2.77. The second-order valence-corrected chi connectivity index (χ2v) is 8.09. The lowest BCUT2D eigenvalue weighted by Crippen LogP contribution is -2.36. The van der Waals surface area contributed by atoms with Crippen LogP contribution >= 0.6 is 34.8 Å². The van der Waals surface area contributed by atoms with Crippen LogP contribution in [0.2, 0.25) is 15.1 Å². The third kappa shape index (κ3) is 5.18. The Bertz CT molecular complexity index is 1240. The van der Waals surface area contributed by atoms with Crippen molar-refractivity contribution in [3.05, 3.63) is 55.4 Å². The molecule has 0 radical (unpaired) electrons. The lowest BCUT2D eigenvalue weighted by Gasteiger charge is -2.20. The van der Waals surface area contributed by atoms with Crippen LogP contribution in [0.15, 0.2) is 29.2 Å². The van der Waals surface area contributed by atoms with Gasteiger partial charge < -0.3 is 29.6 Å². The molecule has 0 unspecified atom stereocenters. The summed E-state index contributed by atoms with van der Waals surface area (Å²) in [7, 11) is 1.37. The van der Waals surface area contributed by atoms with Gasteiger partial charge in [0.15, 0.2) is 11.5 Å². The monoisotopic (exact) mass is 515 g/mol. The van der Waals surface area contributed by atoms with Crippen LogP contribution in [0.1, 0.15) is 5.69 Å². The quantitative estimate of drug-likeness (QED) is 0.420. The summed E-state index contributed by atoms with van der Waals surface area (Å²) < 4.78 is 12.5. The summed E-state index contributed by atoms with van der Waals surface area (Å²) in [6.07, 6.45) is -0.188. The number of fused-ring (bicyclic) bond motifs is 1. The molecule has 3 aromatic rings. The number of aromatic nitrogens is 2. The number of hydrogen-bond acceptors (Lipinski definition) is 7. The summed E-state index contributed by atoms with van der Waals surface area (Å²) in [5.41, 5.74) is 0.605. The molecule has 0 aliphatic carbocycles. The third-order valence-corrected chi connectivity index (χ3v) is 5.49. The normalized spacial score (nSPS) is 12.0. The first-order valence-electron chi connectivity index (χ1n) is 9.66. The molecular formula is C21H20Cl3N3O6. The molecular weight excluding hydrogens is 497 g/mol. The fourth-order valence-corrected chi connectivity index (χ4v) is 4.07. The molecule has 2 aromatic heterocycles. The average molecular weight is 517 g/mol. The second kappa shape index (κ2) is 10.6. The zero-order valence-corrected chi connectivity index (χ0v) is 19.8. The van der Waals surface area contributed by atoms with Gasteiger partial charge in [-0.15, -0.1) is 0 Å². The Labute approximate surface area is 203 Å². The van der Waals surface area contributed by atoms with E-state index in [4.69, 9.17) is 49.4 Å². The highest BCUT2D eigenvalue weighted by atomic mass is 35.5. The van der Waals surface area contributed by atoms with Crippen molar-refractivity contribution in [2.24, 2.45) is 0 Å². The Morgan fingerprint density at radius 3 is 2.45 bits per heavy atom. The number of rotatable bonds is 8. The van der Waals surface area contributed by atoms with E-state index in [9.17, 15) is 14.7 Å². The van der Waals surface area contributed by atoms with E-state index in [0.29, 0.717) is 17.1 Å². The maximum Gasteiger partial charge on any atom is 0.252 e. The minimum Gasteiger partial charge on any atom is -0.491 e. The first-order valence-corrected chi connectivity index (χ1v) is 10.8. The van der Waals surface area contributed by atoms with Crippen LogP contribution < -0.4 is 20.2 Å². The highest BCUT2D eigenvalue weighted by Crippen LogP contribution is 2.38. The summed E-state index contributed by atoms with van der Waals surface area (Å²) in [5, 5.41) is 21.7.